The minimum Gasteiger partial charge on any atom is -0.504 e. The number of phenols is 1. The largest absolute Gasteiger partial charge is 0.504 e. The Hall–Kier alpha value is -0.970. The number of likely N-dealkylation sites (N-methyl/N-ethyl adjacent to an activating group) is 1. The van der Waals surface area contributed by atoms with Gasteiger partial charge in [-0.2, -0.15) is 0 Å². The zero-order valence-corrected chi connectivity index (χ0v) is 12.3. The smallest absolute Gasteiger partial charge is 0.162 e. The average Bonchev–Trinajstić information content (AvgIpc) is 2.43. The molecule has 106 valence electrons. The van der Waals surface area contributed by atoms with Gasteiger partial charge in [0.1, 0.15) is 0 Å². The van der Waals surface area contributed by atoms with Gasteiger partial charge in [0.05, 0.1) is 7.11 Å². The lowest BCUT2D eigenvalue weighted by Gasteiger charge is -2.34. The Labute approximate surface area is 119 Å². The Bertz CT molecular complexity index is 432. The number of methoxy groups -OCH3 is 1. The number of hydrogen-bond donors (Lipinski definition) is 1. The summed E-state index contributed by atoms with van der Waals surface area (Å²) >= 11 is 6.05. The van der Waals surface area contributed by atoms with Crippen LogP contribution in [0.25, 0.3) is 0 Å². The Morgan fingerprint density at radius 3 is 2.42 bits per heavy atom. The predicted molar refractivity (Wildman–Crippen MR) is 77.1 cm³/mol. The van der Waals surface area contributed by atoms with E-state index in [9.17, 15) is 5.11 Å². The van der Waals surface area contributed by atoms with Crippen molar-refractivity contribution in [3.63, 3.8) is 0 Å². The summed E-state index contributed by atoms with van der Waals surface area (Å²) in [6.07, 6.45) is 0. The first-order valence-corrected chi connectivity index (χ1v) is 7.02. The number of aromatic hydroxyl groups is 1. The van der Waals surface area contributed by atoms with Gasteiger partial charge in [-0.1, -0.05) is 18.5 Å². The van der Waals surface area contributed by atoms with E-state index < -0.39 is 0 Å². The van der Waals surface area contributed by atoms with Crippen molar-refractivity contribution in [3.05, 3.63) is 22.7 Å². The zero-order chi connectivity index (χ0) is 13.8. The van der Waals surface area contributed by atoms with E-state index in [0.717, 1.165) is 38.3 Å². The highest BCUT2D eigenvalue weighted by Gasteiger charge is 2.18. The molecule has 0 spiro atoms. The number of piperazine rings is 1. The molecule has 1 heterocycles. The number of benzene rings is 1. The normalized spacial score (nSPS) is 17.6. The van der Waals surface area contributed by atoms with E-state index in [4.69, 9.17) is 16.3 Å². The van der Waals surface area contributed by atoms with Crippen LogP contribution < -0.4 is 4.74 Å². The Balaban J connectivity index is 2.05. The van der Waals surface area contributed by atoms with Crippen molar-refractivity contribution in [2.45, 2.75) is 13.5 Å². The fourth-order valence-corrected chi connectivity index (χ4v) is 2.64. The number of halogens is 1. The minimum atomic E-state index is 0.199. The Kier molecular flexibility index (Phi) is 4.91. The van der Waals surface area contributed by atoms with Gasteiger partial charge >= 0.3 is 0 Å². The molecule has 1 fully saturated rings. The molecule has 0 bridgehead atoms. The third-order valence-corrected chi connectivity index (χ3v) is 3.86. The third kappa shape index (κ3) is 3.53. The zero-order valence-electron chi connectivity index (χ0n) is 11.5. The Morgan fingerprint density at radius 2 is 1.84 bits per heavy atom. The molecular weight excluding hydrogens is 264 g/mol. The van der Waals surface area contributed by atoms with Gasteiger partial charge in [0, 0.05) is 49.4 Å². The summed E-state index contributed by atoms with van der Waals surface area (Å²) in [5, 5.41) is 10.7. The quantitative estimate of drug-likeness (QED) is 0.919. The number of phenolic OH excluding ortho intramolecular Hbond substituents is 1. The van der Waals surface area contributed by atoms with Crippen LogP contribution in [0.4, 0.5) is 0 Å². The first-order chi connectivity index (χ1) is 9.13. The fraction of sp³-hybridized carbons (Fsp3) is 0.571. The molecule has 1 N–H and O–H groups in total. The van der Waals surface area contributed by atoms with Crippen molar-refractivity contribution in [3.8, 4) is 11.5 Å². The maximum Gasteiger partial charge on any atom is 0.162 e. The van der Waals surface area contributed by atoms with E-state index in [-0.39, 0.29) is 5.75 Å². The summed E-state index contributed by atoms with van der Waals surface area (Å²) in [5.41, 5.74) is 0.828. The van der Waals surface area contributed by atoms with Crippen LogP contribution >= 0.6 is 11.6 Å². The molecular formula is C14H21ClN2O2. The molecule has 0 unspecified atom stereocenters. The number of nitrogens with zero attached hydrogens (tertiary/aromatic N) is 2. The van der Waals surface area contributed by atoms with Crippen LogP contribution in [0, 0.1) is 0 Å². The molecule has 0 amide bonds. The van der Waals surface area contributed by atoms with Gasteiger partial charge in [0.2, 0.25) is 0 Å². The maximum atomic E-state index is 10.1. The molecule has 0 aromatic heterocycles. The molecule has 1 aliphatic rings. The molecule has 2 rings (SSSR count). The highest BCUT2D eigenvalue weighted by Crippen LogP contribution is 2.34. The van der Waals surface area contributed by atoms with Crippen LogP contribution in [0.1, 0.15) is 12.5 Å². The molecule has 1 aromatic rings. The summed E-state index contributed by atoms with van der Waals surface area (Å²) in [6.45, 7) is 8.18. The van der Waals surface area contributed by atoms with E-state index in [0.29, 0.717) is 17.3 Å². The summed E-state index contributed by atoms with van der Waals surface area (Å²) in [7, 11) is 1.54. The van der Waals surface area contributed by atoms with Gasteiger partial charge in [0.15, 0.2) is 11.5 Å². The van der Waals surface area contributed by atoms with Crippen LogP contribution in [0.15, 0.2) is 12.1 Å². The third-order valence-electron chi connectivity index (χ3n) is 3.64. The molecule has 4 nitrogen and oxygen atoms in total. The van der Waals surface area contributed by atoms with Crippen molar-refractivity contribution >= 4 is 11.6 Å². The van der Waals surface area contributed by atoms with Crippen molar-refractivity contribution in [1.82, 2.24) is 9.80 Å². The monoisotopic (exact) mass is 284 g/mol. The maximum absolute atomic E-state index is 10.1. The summed E-state index contributed by atoms with van der Waals surface area (Å²) in [6, 6.07) is 3.45. The lowest BCUT2D eigenvalue weighted by atomic mass is 10.1. The van der Waals surface area contributed by atoms with Gasteiger partial charge in [-0.15, -0.1) is 0 Å². The van der Waals surface area contributed by atoms with Gasteiger partial charge < -0.3 is 14.7 Å². The first kappa shape index (κ1) is 14.4. The first-order valence-electron chi connectivity index (χ1n) is 6.64. The van der Waals surface area contributed by atoms with Crippen molar-refractivity contribution in [2.24, 2.45) is 0 Å². The average molecular weight is 285 g/mol. The Morgan fingerprint density at radius 1 is 1.21 bits per heavy atom. The SMILES string of the molecule is CCN1CCN(Cc2cc(Cl)cc(OC)c2O)CC1. The standard InChI is InChI=1S/C14H21ClN2O2/c1-3-16-4-6-17(7-5-16)10-11-8-12(15)9-13(19-2)14(11)18/h8-9,18H,3-7,10H2,1-2H3. The minimum absolute atomic E-state index is 0.199. The highest BCUT2D eigenvalue weighted by molar-refractivity contribution is 6.30. The van der Waals surface area contributed by atoms with E-state index in [1.54, 1.807) is 6.07 Å². The van der Waals surface area contributed by atoms with Crippen LogP contribution in [0.5, 0.6) is 11.5 Å². The molecule has 0 radical (unpaired) electrons. The highest BCUT2D eigenvalue weighted by atomic mass is 35.5. The van der Waals surface area contributed by atoms with Crippen molar-refractivity contribution < 1.29 is 9.84 Å². The number of hydrogen-bond acceptors (Lipinski definition) is 4. The van der Waals surface area contributed by atoms with Crippen LogP contribution in [0.3, 0.4) is 0 Å². The molecule has 1 saturated heterocycles. The van der Waals surface area contributed by atoms with Crippen LogP contribution in [-0.2, 0) is 6.54 Å². The molecule has 1 aromatic carbocycles. The summed E-state index contributed by atoms with van der Waals surface area (Å²) in [5.74, 6) is 0.638. The van der Waals surface area contributed by atoms with E-state index in [2.05, 4.69) is 16.7 Å². The molecule has 1 aliphatic heterocycles. The molecule has 5 heteroatoms. The van der Waals surface area contributed by atoms with Gasteiger partial charge in [-0.3, -0.25) is 4.90 Å². The number of ether oxygens (including phenoxy) is 1. The second kappa shape index (κ2) is 6.46. The van der Waals surface area contributed by atoms with Gasteiger partial charge in [0.25, 0.3) is 0 Å². The topological polar surface area (TPSA) is 35.9 Å². The second-order valence-corrected chi connectivity index (χ2v) is 5.26. The molecule has 0 atom stereocenters. The van der Waals surface area contributed by atoms with E-state index in [1.165, 1.54) is 7.11 Å². The van der Waals surface area contributed by atoms with E-state index in [1.807, 2.05) is 6.07 Å². The number of rotatable bonds is 4. The summed E-state index contributed by atoms with van der Waals surface area (Å²) in [4.78, 5) is 4.76. The van der Waals surface area contributed by atoms with Gasteiger partial charge in [-0.25, -0.2) is 0 Å². The van der Waals surface area contributed by atoms with Crippen LogP contribution in [-0.4, -0.2) is 54.7 Å². The van der Waals surface area contributed by atoms with Crippen molar-refractivity contribution in [1.29, 1.82) is 0 Å². The van der Waals surface area contributed by atoms with Crippen molar-refractivity contribution in [2.75, 3.05) is 39.8 Å². The fourth-order valence-electron chi connectivity index (χ4n) is 2.41. The predicted octanol–water partition coefficient (Wildman–Crippen LogP) is 2.19. The van der Waals surface area contributed by atoms with E-state index >= 15 is 0 Å². The summed E-state index contributed by atoms with van der Waals surface area (Å²) < 4.78 is 5.13. The second-order valence-electron chi connectivity index (χ2n) is 4.83. The molecule has 0 saturated carbocycles. The lowest BCUT2D eigenvalue weighted by Crippen LogP contribution is -2.45. The van der Waals surface area contributed by atoms with Crippen LogP contribution in [0.2, 0.25) is 5.02 Å². The molecule has 0 aliphatic carbocycles. The molecule has 19 heavy (non-hydrogen) atoms. The van der Waals surface area contributed by atoms with Gasteiger partial charge in [-0.05, 0) is 12.6 Å². The lowest BCUT2D eigenvalue weighted by molar-refractivity contribution is 0.131.